The van der Waals surface area contributed by atoms with Gasteiger partial charge >= 0.3 is 0 Å². The van der Waals surface area contributed by atoms with Crippen molar-refractivity contribution in [3.05, 3.63) is 87.7 Å². The van der Waals surface area contributed by atoms with Crippen molar-refractivity contribution in [3.63, 3.8) is 0 Å². The molecule has 8 heteroatoms. The van der Waals surface area contributed by atoms with Gasteiger partial charge in [0.25, 0.3) is 5.91 Å². The molecule has 1 aromatic carbocycles. The van der Waals surface area contributed by atoms with Crippen LogP contribution in [-0.4, -0.2) is 30.7 Å². The van der Waals surface area contributed by atoms with Gasteiger partial charge in [-0.3, -0.25) is 9.78 Å². The number of nitrogens with two attached hydrogens (primary N) is 1. The number of carbonyl (C=O) groups is 1. The van der Waals surface area contributed by atoms with E-state index in [0.29, 0.717) is 23.8 Å². The van der Waals surface area contributed by atoms with E-state index in [1.54, 1.807) is 29.4 Å². The van der Waals surface area contributed by atoms with Crippen molar-refractivity contribution in [1.29, 1.82) is 0 Å². The first-order valence-electron chi connectivity index (χ1n) is 10.2. The summed E-state index contributed by atoms with van der Waals surface area (Å²) in [5.74, 6) is 0.925. The molecule has 3 aromatic heterocycles. The van der Waals surface area contributed by atoms with E-state index in [4.69, 9.17) is 5.73 Å². The molecule has 0 saturated heterocycles. The van der Waals surface area contributed by atoms with Crippen LogP contribution in [0.2, 0.25) is 0 Å². The number of carbonyl (C=O) groups excluding carboxylic acids is 1. The van der Waals surface area contributed by atoms with Gasteiger partial charge in [-0.2, -0.15) is 0 Å². The van der Waals surface area contributed by atoms with E-state index >= 15 is 0 Å². The molecule has 162 valence electrons. The molecule has 0 aliphatic rings. The maximum Gasteiger partial charge on any atom is 0.254 e. The number of hydrogen-bond donors (Lipinski definition) is 1. The monoisotopic (exact) mass is 490 g/mol. The van der Waals surface area contributed by atoms with E-state index in [1.807, 2.05) is 51.1 Å². The summed E-state index contributed by atoms with van der Waals surface area (Å²) in [5, 5.41) is 0.865. The van der Waals surface area contributed by atoms with Crippen molar-refractivity contribution in [2.24, 2.45) is 0 Å². The zero-order valence-corrected chi connectivity index (χ0v) is 19.7. The predicted octanol–water partition coefficient (Wildman–Crippen LogP) is 4.78. The lowest BCUT2D eigenvalue weighted by atomic mass is 10.1. The minimum Gasteiger partial charge on any atom is -0.383 e. The number of amides is 1. The van der Waals surface area contributed by atoms with Gasteiger partial charge in [-0.15, -0.1) is 0 Å². The first-order chi connectivity index (χ1) is 15.3. The molecule has 0 aliphatic heterocycles. The summed E-state index contributed by atoms with van der Waals surface area (Å²) < 4.78 is 0.926. The van der Waals surface area contributed by atoms with Crippen LogP contribution in [0.3, 0.4) is 0 Å². The molecular weight excluding hydrogens is 468 g/mol. The van der Waals surface area contributed by atoms with Gasteiger partial charge in [0.05, 0.1) is 29.5 Å². The number of anilines is 1. The molecule has 0 saturated carbocycles. The number of nitrogens with zero attached hydrogens (tertiary/aromatic N) is 5. The average Bonchev–Trinajstić information content (AvgIpc) is 2.80. The fourth-order valence-electron chi connectivity index (χ4n) is 3.50. The van der Waals surface area contributed by atoms with Gasteiger partial charge in [0.2, 0.25) is 0 Å². The zero-order chi connectivity index (χ0) is 22.8. The Hall–Kier alpha value is -3.39. The Balaban J connectivity index is 1.74. The largest absolute Gasteiger partial charge is 0.383 e. The van der Waals surface area contributed by atoms with Crippen molar-refractivity contribution < 1.29 is 4.79 Å². The van der Waals surface area contributed by atoms with E-state index in [-0.39, 0.29) is 11.9 Å². The van der Waals surface area contributed by atoms with Crippen LogP contribution in [0.15, 0.2) is 59.3 Å². The molecule has 1 amide bonds. The van der Waals surface area contributed by atoms with Crippen LogP contribution < -0.4 is 5.73 Å². The first kappa shape index (κ1) is 21.8. The Labute approximate surface area is 194 Å². The summed E-state index contributed by atoms with van der Waals surface area (Å²) in [4.78, 5) is 33.2. The highest BCUT2D eigenvalue weighted by Gasteiger charge is 2.26. The second-order valence-corrected chi connectivity index (χ2v) is 8.54. The number of rotatable bonds is 5. The predicted molar refractivity (Wildman–Crippen MR) is 128 cm³/mol. The van der Waals surface area contributed by atoms with Crippen molar-refractivity contribution in [1.82, 2.24) is 24.8 Å². The maximum absolute atomic E-state index is 13.7. The SMILES string of the molecule is Cc1cc2cc(C(=O)N(Cc3ccc(Br)c(C)n3)[C@H](C)c3ncccn3)ccc2nc1N. The fraction of sp³-hybridized carbons (Fsp3) is 0.208. The molecule has 7 nitrogen and oxygen atoms in total. The number of hydrogen-bond acceptors (Lipinski definition) is 6. The number of halogens is 1. The number of aromatic nitrogens is 4. The van der Waals surface area contributed by atoms with Crippen LogP contribution in [-0.2, 0) is 6.54 Å². The highest BCUT2D eigenvalue weighted by molar-refractivity contribution is 9.10. The smallest absolute Gasteiger partial charge is 0.254 e. The number of aryl methyl sites for hydroxylation is 2. The Bertz CT molecular complexity index is 1290. The topological polar surface area (TPSA) is 97.9 Å². The van der Waals surface area contributed by atoms with Crippen molar-refractivity contribution >= 4 is 38.6 Å². The van der Waals surface area contributed by atoms with Crippen molar-refractivity contribution in [2.75, 3.05) is 5.73 Å². The molecular formula is C24H23BrN6O. The highest BCUT2D eigenvalue weighted by Crippen LogP contribution is 2.25. The second-order valence-electron chi connectivity index (χ2n) is 7.68. The molecule has 4 aromatic rings. The molecule has 4 rings (SSSR count). The number of benzene rings is 1. The Morgan fingerprint density at radius 1 is 1.09 bits per heavy atom. The number of nitrogen functional groups attached to an aromatic ring is 1. The summed E-state index contributed by atoms with van der Waals surface area (Å²) in [5.41, 5.74) is 9.76. The molecule has 1 atom stereocenters. The lowest BCUT2D eigenvalue weighted by Crippen LogP contribution is -2.34. The summed E-state index contributed by atoms with van der Waals surface area (Å²) in [6, 6.07) is 12.7. The van der Waals surface area contributed by atoms with Crippen LogP contribution >= 0.6 is 15.9 Å². The minimum atomic E-state index is -0.351. The third kappa shape index (κ3) is 4.45. The average molecular weight is 491 g/mol. The molecule has 0 aliphatic carbocycles. The van der Waals surface area contributed by atoms with Gasteiger partial charge in [0.15, 0.2) is 0 Å². The quantitative estimate of drug-likeness (QED) is 0.431. The van der Waals surface area contributed by atoms with Gasteiger partial charge < -0.3 is 10.6 Å². The lowest BCUT2D eigenvalue weighted by Gasteiger charge is -2.28. The molecule has 0 radical (unpaired) electrons. The lowest BCUT2D eigenvalue weighted by molar-refractivity contribution is 0.0663. The Morgan fingerprint density at radius 2 is 1.84 bits per heavy atom. The molecule has 32 heavy (non-hydrogen) atoms. The van der Waals surface area contributed by atoms with Gasteiger partial charge in [0, 0.05) is 27.8 Å². The van der Waals surface area contributed by atoms with Crippen LogP contribution in [0.4, 0.5) is 5.82 Å². The third-order valence-electron chi connectivity index (χ3n) is 5.39. The van der Waals surface area contributed by atoms with Crippen LogP contribution in [0.1, 0.15) is 46.1 Å². The van der Waals surface area contributed by atoms with E-state index in [9.17, 15) is 4.79 Å². The van der Waals surface area contributed by atoms with E-state index in [1.165, 1.54) is 0 Å². The number of pyridine rings is 2. The van der Waals surface area contributed by atoms with Gasteiger partial charge in [0.1, 0.15) is 11.6 Å². The molecule has 0 fully saturated rings. The zero-order valence-electron chi connectivity index (χ0n) is 18.1. The fourth-order valence-corrected chi connectivity index (χ4v) is 3.73. The first-order valence-corrected chi connectivity index (χ1v) is 11.0. The molecule has 0 bridgehead atoms. The summed E-state index contributed by atoms with van der Waals surface area (Å²) in [6.45, 7) is 6.07. The Kier molecular flexibility index (Phi) is 6.14. The van der Waals surface area contributed by atoms with Crippen LogP contribution in [0, 0.1) is 13.8 Å². The minimum absolute atomic E-state index is 0.135. The van der Waals surface area contributed by atoms with Crippen molar-refractivity contribution in [3.8, 4) is 0 Å². The standard InChI is InChI=1S/C24H23BrN6O/c1-14-11-18-12-17(5-8-21(18)30-22(14)26)24(32)31(16(3)23-27-9-4-10-28-23)13-19-6-7-20(25)15(2)29-19/h4-12,16H,13H2,1-3H3,(H2,26,30)/t16-/m1/s1. The van der Waals surface area contributed by atoms with E-state index in [0.717, 1.165) is 32.3 Å². The maximum atomic E-state index is 13.7. The third-order valence-corrected chi connectivity index (χ3v) is 6.23. The summed E-state index contributed by atoms with van der Waals surface area (Å²) >= 11 is 3.48. The summed E-state index contributed by atoms with van der Waals surface area (Å²) in [6.07, 6.45) is 3.36. The van der Waals surface area contributed by atoms with Gasteiger partial charge in [-0.05, 0) is 84.7 Å². The normalized spacial score (nSPS) is 12.0. The number of fused-ring (bicyclic) bond motifs is 1. The molecule has 0 spiro atoms. The second kappa shape index (κ2) is 9.00. The molecule has 2 N–H and O–H groups in total. The highest BCUT2D eigenvalue weighted by atomic mass is 79.9. The van der Waals surface area contributed by atoms with Crippen molar-refractivity contribution in [2.45, 2.75) is 33.4 Å². The van der Waals surface area contributed by atoms with Crippen LogP contribution in [0.5, 0.6) is 0 Å². The summed E-state index contributed by atoms with van der Waals surface area (Å²) in [7, 11) is 0. The molecule has 3 heterocycles. The van der Waals surface area contributed by atoms with Gasteiger partial charge in [-0.1, -0.05) is 0 Å². The Morgan fingerprint density at radius 3 is 2.56 bits per heavy atom. The van der Waals surface area contributed by atoms with Crippen LogP contribution in [0.25, 0.3) is 10.9 Å². The van der Waals surface area contributed by atoms with E-state index in [2.05, 4.69) is 35.9 Å². The van der Waals surface area contributed by atoms with E-state index < -0.39 is 0 Å². The molecule has 0 unspecified atom stereocenters. The van der Waals surface area contributed by atoms with Gasteiger partial charge in [-0.25, -0.2) is 15.0 Å².